The second kappa shape index (κ2) is 7.52. The van der Waals surface area contributed by atoms with Crippen molar-refractivity contribution in [2.24, 2.45) is 0 Å². The molecule has 3 heterocycles. The van der Waals surface area contributed by atoms with Gasteiger partial charge in [0, 0.05) is 32.1 Å². The molecule has 2 aromatic heterocycles. The summed E-state index contributed by atoms with van der Waals surface area (Å²) in [6.07, 6.45) is 5.11. The molecule has 1 amide bonds. The van der Waals surface area contributed by atoms with Gasteiger partial charge in [0.25, 0.3) is 0 Å². The number of nitrogens with zero attached hydrogens (tertiary/aromatic N) is 3. The zero-order valence-corrected chi connectivity index (χ0v) is 13.6. The normalized spacial score (nSPS) is 17.3. The largest absolute Gasteiger partial charge is 0.376 e. The van der Waals surface area contributed by atoms with Crippen molar-refractivity contribution < 1.29 is 9.53 Å². The standard InChI is InChI=1S/C16H19N3O3S/c20-15(11-18-6-2-5-17-16(18)21)19(9-13-4-8-23-12-13)10-14-3-1-7-22-14/h2,4-6,8,12,14H,1,3,7,9-11H2/t14-/m0/s1. The SMILES string of the molecule is O=C(Cn1cccnc1=O)N(Cc1ccsc1)C[C@@H]1CCCO1. The predicted molar refractivity (Wildman–Crippen MR) is 87.2 cm³/mol. The van der Waals surface area contributed by atoms with E-state index in [0.29, 0.717) is 13.1 Å². The minimum atomic E-state index is -0.409. The predicted octanol–water partition coefficient (Wildman–Crippen LogP) is 1.51. The van der Waals surface area contributed by atoms with Gasteiger partial charge in [0.05, 0.1) is 6.10 Å². The summed E-state index contributed by atoms with van der Waals surface area (Å²) in [5.41, 5.74) is 0.688. The smallest absolute Gasteiger partial charge is 0.347 e. The third-order valence-corrected chi connectivity index (χ3v) is 4.57. The maximum Gasteiger partial charge on any atom is 0.347 e. The Bertz CT molecular complexity index is 693. The maximum atomic E-state index is 12.7. The number of carbonyl (C=O) groups excluding carboxylic acids is 1. The third-order valence-electron chi connectivity index (χ3n) is 3.84. The van der Waals surface area contributed by atoms with Crippen LogP contribution in [0.2, 0.25) is 0 Å². The molecule has 0 saturated carbocycles. The number of aromatic nitrogens is 2. The molecule has 0 bridgehead atoms. The van der Waals surface area contributed by atoms with Crippen molar-refractivity contribution in [3.05, 3.63) is 51.3 Å². The highest BCUT2D eigenvalue weighted by Gasteiger charge is 2.23. The number of carbonyl (C=O) groups is 1. The number of amides is 1. The molecule has 0 N–H and O–H groups in total. The highest BCUT2D eigenvalue weighted by molar-refractivity contribution is 7.07. The molecular formula is C16H19N3O3S. The zero-order chi connectivity index (χ0) is 16.1. The lowest BCUT2D eigenvalue weighted by atomic mass is 10.2. The molecule has 0 spiro atoms. The van der Waals surface area contributed by atoms with Crippen LogP contribution in [0.5, 0.6) is 0 Å². The molecule has 0 aromatic carbocycles. The number of hydrogen-bond donors (Lipinski definition) is 0. The summed E-state index contributed by atoms with van der Waals surface area (Å²) in [4.78, 5) is 29.8. The van der Waals surface area contributed by atoms with Crippen LogP contribution in [0.1, 0.15) is 18.4 Å². The molecule has 3 rings (SSSR count). The van der Waals surface area contributed by atoms with Gasteiger partial charge in [0.15, 0.2) is 0 Å². The van der Waals surface area contributed by atoms with E-state index in [1.807, 2.05) is 16.8 Å². The van der Waals surface area contributed by atoms with Gasteiger partial charge in [-0.3, -0.25) is 9.36 Å². The second-order valence-electron chi connectivity index (χ2n) is 5.57. The van der Waals surface area contributed by atoms with Gasteiger partial charge in [0.1, 0.15) is 6.54 Å². The van der Waals surface area contributed by atoms with E-state index in [-0.39, 0.29) is 18.6 Å². The minimum absolute atomic E-state index is 0.00350. The average molecular weight is 333 g/mol. The van der Waals surface area contributed by atoms with E-state index in [2.05, 4.69) is 4.98 Å². The van der Waals surface area contributed by atoms with Crippen LogP contribution in [-0.2, 0) is 22.6 Å². The van der Waals surface area contributed by atoms with Gasteiger partial charge in [-0.2, -0.15) is 11.3 Å². The van der Waals surface area contributed by atoms with Gasteiger partial charge in [-0.25, -0.2) is 9.78 Å². The summed E-state index contributed by atoms with van der Waals surface area (Å²) in [6.45, 7) is 1.86. The molecule has 23 heavy (non-hydrogen) atoms. The Morgan fingerprint density at radius 3 is 3.13 bits per heavy atom. The van der Waals surface area contributed by atoms with Gasteiger partial charge >= 0.3 is 5.69 Å². The van der Waals surface area contributed by atoms with Gasteiger partial charge in [0.2, 0.25) is 5.91 Å². The van der Waals surface area contributed by atoms with Crippen LogP contribution < -0.4 is 5.69 Å². The summed E-state index contributed by atoms with van der Waals surface area (Å²) in [5.74, 6) is -0.0956. The zero-order valence-electron chi connectivity index (χ0n) is 12.8. The van der Waals surface area contributed by atoms with E-state index < -0.39 is 5.69 Å². The Morgan fingerprint density at radius 1 is 1.52 bits per heavy atom. The molecule has 1 aliphatic heterocycles. The van der Waals surface area contributed by atoms with Crippen molar-refractivity contribution in [1.29, 1.82) is 0 Å². The van der Waals surface area contributed by atoms with Crippen LogP contribution in [0.3, 0.4) is 0 Å². The van der Waals surface area contributed by atoms with Crippen molar-refractivity contribution >= 4 is 17.2 Å². The Labute approximate surface area is 138 Å². The second-order valence-corrected chi connectivity index (χ2v) is 6.35. The molecule has 6 nitrogen and oxygen atoms in total. The first-order valence-corrected chi connectivity index (χ1v) is 8.58. The van der Waals surface area contributed by atoms with E-state index in [9.17, 15) is 9.59 Å². The Balaban J connectivity index is 1.71. The van der Waals surface area contributed by atoms with Crippen molar-refractivity contribution in [2.45, 2.75) is 32.0 Å². The monoisotopic (exact) mass is 333 g/mol. The summed E-state index contributed by atoms with van der Waals surface area (Å²) in [5, 5.41) is 4.03. The van der Waals surface area contributed by atoms with E-state index in [0.717, 1.165) is 25.0 Å². The first kappa shape index (κ1) is 15.9. The van der Waals surface area contributed by atoms with Crippen molar-refractivity contribution in [1.82, 2.24) is 14.5 Å². The van der Waals surface area contributed by atoms with Gasteiger partial charge < -0.3 is 9.64 Å². The van der Waals surface area contributed by atoms with Gasteiger partial charge in [-0.1, -0.05) is 0 Å². The van der Waals surface area contributed by atoms with E-state index in [1.165, 1.54) is 10.8 Å². The van der Waals surface area contributed by atoms with E-state index >= 15 is 0 Å². The topological polar surface area (TPSA) is 64.4 Å². The van der Waals surface area contributed by atoms with Crippen molar-refractivity contribution in [3.63, 3.8) is 0 Å². The lowest BCUT2D eigenvalue weighted by molar-refractivity contribution is -0.134. The van der Waals surface area contributed by atoms with E-state index in [1.54, 1.807) is 28.5 Å². The molecule has 1 saturated heterocycles. The average Bonchev–Trinajstić information content (AvgIpc) is 3.22. The quantitative estimate of drug-likeness (QED) is 0.804. The van der Waals surface area contributed by atoms with Crippen LogP contribution in [-0.4, -0.2) is 39.6 Å². The van der Waals surface area contributed by atoms with Gasteiger partial charge in [-0.05, 0) is 41.3 Å². The molecule has 0 unspecified atom stereocenters. The fourth-order valence-corrected chi connectivity index (χ4v) is 3.30. The first-order chi connectivity index (χ1) is 11.2. The fraction of sp³-hybridized carbons (Fsp3) is 0.438. The molecule has 1 aliphatic rings. The summed E-state index contributed by atoms with van der Waals surface area (Å²) >= 11 is 1.61. The third kappa shape index (κ3) is 4.27. The number of ether oxygens (including phenoxy) is 1. The van der Waals surface area contributed by atoms with Crippen molar-refractivity contribution in [2.75, 3.05) is 13.2 Å². The fourth-order valence-electron chi connectivity index (χ4n) is 2.64. The number of hydrogen-bond acceptors (Lipinski definition) is 5. The molecule has 7 heteroatoms. The Kier molecular flexibility index (Phi) is 5.19. The molecule has 1 fully saturated rings. The molecule has 1 atom stereocenters. The minimum Gasteiger partial charge on any atom is -0.376 e. The Hall–Kier alpha value is -1.99. The first-order valence-electron chi connectivity index (χ1n) is 7.64. The van der Waals surface area contributed by atoms with Crippen LogP contribution in [0.25, 0.3) is 0 Å². The van der Waals surface area contributed by atoms with Crippen LogP contribution in [0, 0.1) is 0 Å². The number of rotatable bonds is 6. The highest BCUT2D eigenvalue weighted by atomic mass is 32.1. The molecule has 122 valence electrons. The summed E-state index contributed by atoms with van der Waals surface area (Å²) < 4.78 is 6.99. The molecule has 0 radical (unpaired) electrons. The van der Waals surface area contributed by atoms with E-state index in [4.69, 9.17) is 4.74 Å². The lowest BCUT2D eigenvalue weighted by Crippen LogP contribution is -2.40. The number of thiophene rings is 1. The van der Waals surface area contributed by atoms with Crippen LogP contribution in [0.4, 0.5) is 0 Å². The molecule has 2 aromatic rings. The highest BCUT2D eigenvalue weighted by Crippen LogP contribution is 2.16. The van der Waals surface area contributed by atoms with Crippen molar-refractivity contribution in [3.8, 4) is 0 Å². The molecular weight excluding hydrogens is 314 g/mol. The Morgan fingerprint density at radius 2 is 2.43 bits per heavy atom. The summed E-state index contributed by atoms with van der Waals surface area (Å²) in [7, 11) is 0. The van der Waals surface area contributed by atoms with Crippen LogP contribution in [0.15, 0.2) is 40.1 Å². The molecule has 0 aliphatic carbocycles. The lowest BCUT2D eigenvalue weighted by Gasteiger charge is -2.25. The van der Waals surface area contributed by atoms with Gasteiger partial charge in [-0.15, -0.1) is 0 Å². The summed E-state index contributed by atoms with van der Waals surface area (Å²) in [6, 6.07) is 3.66. The van der Waals surface area contributed by atoms with Crippen LogP contribution >= 0.6 is 11.3 Å². The maximum absolute atomic E-state index is 12.7.